The lowest BCUT2D eigenvalue weighted by Gasteiger charge is -2.12. The van der Waals surface area contributed by atoms with Gasteiger partial charge in [0.15, 0.2) is 0 Å². The first-order valence-corrected chi connectivity index (χ1v) is 6.85. The molecule has 0 aliphatic carbocycles. The van der Waals surface area contributed by atoms with Crippen LogP contribution in [-0.4, -0.2) is 14.1 Å². The molecule has 0 bridgehead atoms. The number of thiophene rings is 1. The normalized spacial score (nSPS) is 9.40. The van der Waals surface area contributed by atoms with E-state index in [0.29, 0.717) is 0 Å². The number of nitriles is 2. The standard InChI is InChI=1S/C16H13N3S/c1-19(2)14-5-3-13(4-6-14)16-8-7-15(20-16)9-12(10-17)11-18/h3-9H,1-2H3. The second kappa shape index (κ2) is 6.06. The van der Waals surface area contributed by atoms with E-state index in [1.54, 1.807) is 17.4 Å². The van der Waals surface area contributed by atoms with Crippen molar-refractivity contribution in [1.82, 2.24) is 0 Å². The van der Waals surface area contributed by atoms with Crippen molar-refractivity contribution >= 4 is 23.1 Å². The Morgan fingerprint density at radius 2 is 1.70 bits per heavy atom. The third-order valence-corrected chi connectivity index (χ3v) is 3.90. The fraction of sp³-hybridized carbons (Fsp3) is 0.125. The monoisotopic (exact) mass is 279 g/mol. The molecule has 0 fully saturated rings. The zero-order chi connectivity index (χ0) is 14.5. The van der Waals surface area contributed by atoms with Crippen molar-refractivity contribution in [2.45, 2.75) is 0 Å². The highest BCUT2D eigenvalue weighted by Gasteiger charge is 2.03. The number of anilines is 1. The van der Waals surface area contributed by atoms with Gasteiger partial charge in [0, 0.05) is 29.5 Å². The van der Waals surface area contributed by atoms with Gasteiger partial charge in [0.25, 0.3) is 0 Å². The summed E-state index contributed by atoms with van der Waals surface area (Å²) in [5.41, 5.74) is 2.42. The highest BCUT2D eigenvalue weighted by atomic mass is 32.1. The number of benzene rings is 1. The van der Waals surface area contributed by atoms with Crippen molar-refractivity contribution in [2.24, 2.45) is 0 Å². The molecule has 4 heteroatoms. The molecule has 0 amide bonds. The highest BCUT2D eigenvalue weighted by molar-refractivity contribution is 7.16. The smallest absolute Gasteiger partial charge is 0.131 e. The van der Waals surface area contributed by atoms with Crippen molar-refractivity contribution in [3.8, 4) is 22.6 Å². The summed E-state index contributed by atoms with van der Waals surface area (Å²) >= 11 is 1.57. The van der Waals surface area contributed by atoms with E-state index in [0.717, 1.165) is 21.0 Å². The van der Waals surface area contributed by atoms with Gasteiger partial charge in [0.2, 0.25) is 0 Å². The molecule has 0 saturated carbocycles. The van der Waals surface area contributed by atoms with Gasteiger partial charge in [-0.05, 0) is 35.9 Å². The Morgan fingerprint density at radius 3 is 2.25 bits per heavy atom. The molecule has 0 atom stereocenters. The Hall–Kier alpha value is -2.56. The summed E-state index contributed by atoms with van der Waals surface area (Å²) in [5, 5.41) is 17.5. The molecule has 0 radical (unpaired) electrons. The molecule has 1 aromatic carbocycles. The average Bonchev–Trinajstić information content (AvgIpc) is 2.93. The zero-order valence-electron chi connectivity index (χ0n) is 11.3. The molecule has 0 unspecified atom stereocenters. The quantitative estimate of drug-likeness (QED) is 0.800. The van der Waals surface area contributed by atoms with Crippen LogP contribution >= 0.6 is 11.3 Å². The van der Waals surface area contributed by atoms with Crippen LogP contribution in [0.1, 0.15) is 4.88 Å². The first-order valence-electron chi connectivity index (χ1n) is 6.03. The van der Waals surface area contributed by atoms with Crippen LogP contribution in [0.2, 0.25) is 0 Å². The number of allylic oxidation sites excluding steroid dienone is 1. The molecule has 0 aliphatic rings. The van der Waals surface area contributed by atoms with Gasteiger partial charge in [-0.15, -0.1) is 11.3 Å². The molecule has 2 aromatic rings. The largest absolute Gasteiger partial charge is 0.378 e. The van der Waals surface area contributed by atoms with Gasteiger partial charge in [0.1, 0.15) is 17.7 Å². The minimum absolute atomic E-state index is 0.126. The number of hydrogen-bond acceptors (Lipinski definition) is 4. The Labute approximate surface area is 122 Å². The van der Waals surface area contributed by atoms with Gasteiger partial charge in [-0.2, -0.15) is 10.5 Å². The van der Waals surface area contributed by atoms with Crippen LogP contribution in [-0.2, 0) is 0 Å². The van der Waals surface area contributed by atoms with E-state index in [4.69, 9.17) is 10.5 Å². The molecule has 0 spiro atoms. The maximum atomic E-state index is 8.75. The topological polar surface area (TPSA) is 50.8 Å². The third-order valence-electron chi connectivity index (χ3n) is 2.82. The van der Waals surface area contributed by atoms with Crippen LogP contribution < -0.4 is 4.90 Å². The van der Waals surface area contributed by atoms with E-state index in [9.17, 15) is 0 Å². The number of rotatable bonds is 3. The van der Waals surface area contributed by atoms with E-state index >= 15 is 0 Å². The van der Waals surface area contributed by atoms with Gasteiger partial charge >= 0.3 is 0 Å². The van der Waals surface area contributed by atoms with Crippen molar-refractivity contribution in [1.29, 1.82) is 10.5 Å². The van der Waals surface area contributed by atoms with Crippen molar-refractivity contribution < 1.29 is 0 Å². The van der Waals surface area contributed by atoms with E-state index in [2.05, 4.69) is 29.2 Å². The Kier molecular flexibility index (Phi) is 4.20. The lowest BCUT2D eigenvalue weighted by molar-refractivity contribution is 1.13. The molecule has 3 nitrogen and oxygen atoms in total. The maximum absolute atomic E-state index is 8.75. The van der Waals surface area contributed by atoms with Crippen LogP contribution in [0.25, 0.3) is 16.5 Å². The fourth-order valence-electron chi connectivity index (χ4n) is 1.74. The second-order valence-corrected chi connectivity index (χ2v) is 5.54. The summed E-state index contributed by atoms with van der Waals surface area (Å²) in [7, 11) is 4.02. The summed E-state index contributed by atoms with van der Waals surface area (Å²) in [6.07, 6.45) is 1.61. The Bertz CT molecular complexity index is 693. The number of nitrogens with zero attached hydrogens (tertiary/aromatic N) is 3. The van der Waals surface area contributed by atoms with E-state index in [1.165, 1.54) is 0 Å². The predicted molar refractivity (Wildman–Crippen MR) is 83.3 cm³/mol. The van der Waals surface area contributed by atoms with Gasteiger partial charge in [-0.1, -0.05) is 12.1 Å². The van der Waals surface area contributed by atoms with Gasteiger partial charge in [-0.3, -0.25) is 0 Å². The molecule has 0 saturated heterocycles. The Morgan fingerprint density at radius 1 is 1.05 bits per heavy atom. The van der Waals surface area contributed by atoms with Gasteiger partial charge < -0.3 is 4.90 Å². The van der Waals surface area contributed by atoms with Crippen molar-refractivity contribution in [2.75, 3.05) is 19.0 Å². The fourth-order valence-corrected chi connectivity index (χ4v) is 2.70. The summed E-state index contributed by atoms with van der Waals surface area (Å²) in [6.45, 7) is 0. The first-order chi connectivity index (χ1) is 9.63. The minimum Gasteiger partial charge on any atom is -0.378 e. The predicted octanol–water partition coefficient (Wildman–Crippen LogP) is 3.91. The molecule has 2 rings (SSSR count). The molecule has 1 aromatic heterocycles. The van der Waals surface area contributed by atoms with Crippen molar-refractivity contribution in [3.05, 3.63) is 46.8 Å². The van der Waals surface area contributed by atoms with E-state index in [1.807, 2.05) is 38.4 Å². The third kappa shape index (κ3) is 3.06. The van der Waals surface area contributed by atoms with Crippen LogP contribution in [0.5, 0.6) is 0 Å². The average molecular weight is 279 g/mol. The summed E-state index contributed by atoms with van der Waals surface area (Å²) < 4.78 is 0. The summed E-state index contributed by atoms with van der Waals surface area (Å²) in [4.78, 5) is 4.09. The lowest BCUT2D eigenvalue weighted by atomic mass is 10.1. The second-order valence-electron chi connectivity index (χ2n) is 4.42. The molecule has 98 valence electrons. The molecule has 0 aliphatic heterocycles. The zero-order valence-corrected chi connectivity index (χ0v) is 12.1. The molecule has 1 heterocycles. The highest BCUT2D eigenvalue weighted by Crippen LogP contribution is 2.30. The lowest BCUT2D eigenvalue weighted by Crippen LogP contribution is -2.07. The molecule has 20 heavy (non-hydrogen) atoms. The molecular formula is C16H13N3S. The van der Waals surface area contributed by atoms with E-state index < -0.39 is 0 Å². The molecule has 0 N–H and O–H groups in total. The van der Waals surface area contributed by atoms with Crippen LogP contribution in [0, 0.1) is 22.7 Å². The van der Waals surface area contributed by atoms with Crippen LogP contribution in [0.3, 0.4) is 0 Å². The Balaban J connectivity index is 2.28. The van der Waals surface area contributed by atoms with Crippen molar-refractivity contribution in [3.63, 3.8) is 0 Å². The number of hydrogen-bond donors (Lipinski definition) is 0. The maximum Gasteiger partial charge on any atom is 0.131 e. The van der Waals surface area contributed by atoms with Gasteiger partial charge in [-0.25, -0.2) is 0 Å². The summed E-state index contributed by atoms with van der Waals surface area (Å²) in [6, 6.07) is 16.0. The summed E-state index contributed by atoms with van der Waals surface area (Å²) in [5.74, 6) is 0. The minimum atomic E-state index is 0.126. The van der Waals surface area contributed by atoms with Crippen LogP contribution in [0.4, 0.5) is 5.69 Å². The first kappa shape index (κ1) is 13.9. The van der Waals surface area contributed by atoms with E-state index in [-0.39, 0.29) is 5.57 Å². The SMILES string of the molecule is CN(C)c1ccc(-c2ccc(C=C(C#N)C#N)s2)cc1. The van der Waals surface area contributed by atoms with Gasteiger partial charge in [0.05, 0.1) is 0 Å². The molecular weight excluding hydrogens is 266 g/mol. The van der Waals surface area contributed by atoms with Crippen LogP contribution in [0.15, 0.2) is 42.0 Å².